The Bertz CT molecular complexity index is 798. The molecule has 2 aromatic carbocycles. The van der Waals surface area contributed by atoms with Gasteiger partial charge in [-0.3, -0.25) is 4.79 Å². The van der Waals surface area contributed by atoms with Crippen LogP contribution >= 0.6 is 0 Å². The van der Waals surface area contributed by atoms with E-state index < -0.39 is 18.0 Å². The summed E-state index contributed by atoms with van der Waals surface area (Å²) in [5.41, 5.74) is 1.34. The molecular formula is C21H23NO5. The van der Waals surface area contributed by atoms with E-state index in [1.807, 2.05) is 31.2 Å². The molecule has 1 N–H and O–H groups in total. The summed E-state index contributed by atoms with van der Waals surface area (Å²) in [6.45, 7) is 3.93. The third-order valence-electron chi connectivity index (χ3n) is 3.64. The van der Waals surface area contributed by atoms with Gasteiger partial charge in [-0.15, -0.1) is 0 Å². The average molecular weight is 369 g/mol. The number of nitrogens with one attached hydrogen (secondary N) is 1. The third-order valence-corrected chi connectivity index (χ3v) is 3.64. The van der Waals surface area contributed by atoms with Crippen LogP contribution in [-0.4, -0.2) is 31.7 Å². The van der Waals surface area contributed by atoms with Gasteiger partial charge in [-0.2, -0.15) is 0 Å². The zero-order chi connectivity index (χ0) is 19.6. The number of methoxy groups -OCH3 is 1. The first-order valence-electron chi connectivity index (χ1n) is 8.59. The molecule has 6 nitrogen and oxygen atoms in total. The van der Waals surface area contributed by atoms with Gasteiger partial charge in [0.2, 0.25) is 0 Å². The predicted octanol–water partition coefficient (Wildman–Crippen LogP) is 3.68. The maximum Gasteiger partial charge on any atom is 0.331 e. The summed E-state index contributed by atoms with van der Waals surface area (Å²) in [7, 11) is 1.56. The van der Waals surface area contributed by atoms with Crippen LogP contribution in [0, 0.1) is 0 Å². The summed E-state index contributed by atoms with van der Waals surface area (Å²) in [6.07, 6.45) is 1.93. The Balaban J connectivity index is 1.91. The number of carbonyl (C=O) groups is 2. The number of rotatable bonds is 8. The Kier molecular flexibility index (Phi) is 7.43. The lowest BCUT2D eigenvalue weighted by molar-refractivity contribution is -0.148. The molecule has 0 saturated heterocycles. The third kappa shape index (κ3) is 6.18. The predicted molar refractivity (Wildman–Crippen MR) is 104 cm³/mol. The molecule has 0 heterocycles. The van der Waals surface area contributed by atoms with E-state index in [-0.39, 0.29) is 0 Å². The van der Waals surface area contributed by atoms with Crippen LogP contribution in [0.1, 0.15) is 19.4 Å². The van der Waals surface area contributed by atoms with E-state index in [1.54, 1.807) is 37.5 Å². The number of benzene rings is 2. The summed E-state index contributed by atoms with van der Waals surface area (Å²) in [6, 6.07) is 14.2. The molecule has 0 spiro atoms. The lowest BCUT2D eigenvalue weighted by atomic mass is 10.2. The monoisotopic (exact) mass is 369 g/mol. The van der Waals surface area contributed by atoms with Crippen molar-refractivity contribution in [2.24, 2.45) is 0 Å². The molecule has 0 bridgehead atoms. The second kappa shape index (κ2) is 10.0. The Labute approximate surface area is 158 Å². The second-order valence-electron chi connectivity index (χ2n) is 5.60. The van der Waals surface area contributed by atoms with Crippen molar-refractivity contribution in [3.8, 4) is 11.5 Å². The molecule has 6 heteroatoms. The van der Waals surface area contributed by atoms with Crippen LogP contribution in [0.25, 0.3) is 6.08 Å². The van der Waals surface area contributed by atoms with E-state index in [4.69, 9.17) is 14.2 Å². The minimum Gasteiger partial charge on any atom is -0.497 e. The van der Waals surface area contributed by atoms with Crippen molar-refractivity contribution in [2.45, 2.75) is 20.0 Å². The van der Waals surface area contributed by atoms with Gasteiger partial charge in [-0.05, 0) is 50.3 Å². The fourth-order valence-corrected chi connectivity index (χ4v) is 2.25. The van der Waals surface area contributed by atoms with Crippen LogP contribution < -0.4 is 14.8 Å². The van der Waals surface area contributed by atoms with Gasteiger partial charge in [0.05, 0.1) is 13.7 Å². The molecule has 0 saturated carbocycles. The number of hydrogen-bond donors (Lipinski definition) is 1. The average Bonchev–Trinajstić information content (AvgIpc) is 2.68. The standard InChI is InChI=1S/C21H23NO5/c1-4-26-19-8-6-5-7-16(19)9-14-20(23)27-15(2)21(24)22-17-10-12-18(25-3)13-11-17/h5-15H,4H2,1-3H3,(H,22,24)/b14-9+. The molecule has 2 aromatic rings. The highest BCUT2D eigenvalue weighted by atomic mass is 16.5. The number of amides is 1. The van der Waals surface area contributed by atoms with E-state index in [9.17, 15) is 9.59 Å². The lowest BCUT2D eigenvalue weighted by Crippen LogP contribution is -2.29. The Morgan fingerprint density at radius 3 is 2.48 bits per heavy atom. The highest BCUT2D eigenvalue weighted by Crippen LogP contribution is 2.19. The molecule has 1 atom stereocenters. The first kappa shape index (κ1) is 20.0. The molecule has 0 radical (unpaired) electrons. The summed E-state index contributed by atoms with van der Waals surface area (Å²) >= 11 is 0. The summed E-state index contributed by atoms with van der Waals surface area (Å²) in [5, 5.41) is 2.68. The highest BCUT2D eigenvalue weighted by molar-refractivity contribution is 5.96. The number of ether oxygens (including phenoxy) is 3. The van der Waals surface area contributed by atoms with Gasteiger partial charge < -0.3 is 19.5 Å². The van der Waals surface area contributed by atoms with Crippen LogP contribution in [0.5, 0.6) is 11.5 Å². The highest BCUT2D eigenvalue weighted by Gasteiger charge is 2.16. The fourth-order valence-electron chi connectivity index (χ4n) is 2.25. The van der Waals surface area contributed by atoms with Crippen LogP contribution in [0.2, 0.25) is 0 Å². The van der Waals surface area contributed by atoms with Gasteiger partial charge in [0.15, 0.2) is 6.10 Å². The molecule has 0 aromatic heterocycles. The van der Waals surface area contributed by atoms with Crippen LogP contribution in [0.4, 0.5) is 5.69 Å². The lowest BCUT2D eigenvalue weighted by Gasteiger charge is -2.12. The van der Waals surface area contributed by atoms with Gasteiger partial charge >= 0.3 is 5.97 Å². The molecule has 0 aliphatic heterocycles. The quantitative estimate of drug-likeness (QED) is 0.568. The Hall–Kier alpha value is -3.28. The zero-order valence-corrected chi connectivity index (χ0v) is 15.6. The van der Waals surface area contributed by atoms with Crippen LogP contribution in [-0.2, 0) is 14.3 Å². The van der Waals surface area contributed by atoms with Gasteiger partial charge in [0, 0.05) is 17.3 Å². The smallest absolute Gasteiger partial charge is 0.331 e. The molecule has 1 unspecified atom stereocenters. The van der Waals surface area contributed by atoms with Gasteiger partial charge in [0.25, 0.3) is 5.91 Å². The first-order chi connectivity index (χ1) is 13.0. The van der Waals surface area contributed by atoms with Crippen molar-refractivity contribution in [2.75, 3.05) is 19.0 Å². The molecule has 142 valence electrons. The number of hydrogen-bond acceptors (Lipinski definition) is 5. The molecule has 0 aliphatic carbocycles. The van der Waals surface area contributed by atoms with E-state index in [1.165, 1.54) is 13.0 Å². The normalized spacial score (nSPS) is 11.7. The van der Waals surface area contributed by atoms with Crippen molar-refractivity contribution in [3.05, 3.63) is 60.2 Å². The van der Waals surface area contributed by atoms with Crippen LogP contribution in [0.15, 0.2) is 54.6 Å². The van der Waals surface area contributed by atoms with E-state index in [2.05, 4.69) is 5.32 Å². The zero-order valence-electron chi connectivity index (χ0n) is 15.6. The summed E-state index contributed by atoms with van der Waals surface area (Å²) in [5.74, 6) is 0.328. The van der Waals surface area contributed by atoms with Gasteiger partial charge in [0.1, 0.15) is 11.5 Å². The maximum absolute atomic E-state index is 12.2. The van der Waals surface area contributed by atoms with E-state index in [0.29, 0.717) is 23.8 Å². The van der Waals surface area contributed by atoms with Gasteiger partial charge in [-0.1, -0.05) is 18.2 Å². The second-order valence-corrected chi connectivity index (χ2v) is 5.60. The molecule has 2 rings (SSSR count). The fraction of sp³-hybridized carbons (Fsp3) is 0.238. The van der Waals surface area contributed by atoms with Crippen molar-refractivity contribution in [1.82, 2.24) is 0 Å². The topological polar surface area (TPSA) is 73.9 Å². The number of carbonyl (C=O) groups excluding carboxylic acids is 2. The summed E-state index contributed by atoms with van der Waals surface area (Å²) in [4.78, 5) is 24.1. The Morgan fingerprint density at radius 1 is 1.11 bits per heavy atom. The molecule has 27 heavy (non-hydrogen) atoms. The number of esters is 1. The SMILES string of the molecule is CCOc1ccccc1/C=C/C(=O)OC(C)C(=O)Nc1ccc(OC)cc1. The maximum atomic E-state index is 12.2. The van der Waals surface area contributed by atoms with Crippen molar-refractivity contribution < 1.29 is 23.8 Å². The Morgan fingerprint density at radius 2 is 1.81 bits per heavy atom. The van der Waals surface area contributed by atoms with Crippen molar-refractivity contribution in [1.29, 1.82) is 0 Å². The summed E-state index contributed by atoms with van der Waals surface area (Å²) < 4.78 is 15.7. The minimum atomic E-state index is -0.939. The van der Waals surface area contributed by atoms with Crippen molar-refractivity contribution >= 4 is 23.6 Å². The molecule has 1 amide bonds. The minimum absolute atomic E-state index is 0.420. The largest absolute Gasteiger partial charge is 0.497 e. The van der Waals surface area contributed by atoms with Gasteiger partial charge in [-0.25, -0.2) is 4.79 Å². The molecule has 0 aliphatic rings. The van der Waals surface area contributed by atoms with Crippen LogP contribution in [0.3, 0.4) is 0 Å². The molecule has 0 fully saturated rings. The number of para-hydroxylation sites is 1. The first-order valence-corrected chi connectivity index (χ1v) is 8.59. The van der Waals surface area contributed by atoms with E-state index in [0.717, 1.165) is 5.56 Å². The number of anilines is 1. The molecular weight excluding hydrogens is 346 g/mol. The van der Waals surface area contributed by atoms with E-state index >= 15 is 0 Å². The van der Waals surface area contributed by atoms with Crippen molar-refractivity contribution in [3.63, 3.8) is 0 Å².